The summed E-state index contributed by atoms with van der Waals surface area (Å²) in [6, 6.07) is 13.6. The Kier molecular flexibility index (Phi) is 7.25. The van der Waals surface area contributed by atoms with E-state index >= 15 is 0 Å². The first-order chi connectivity index (χ1) is 13.4. The first-order valence-corrected chi connectivity index (χ1v) is 10.6. The first-order valence-electron chi connectivity index (χ1n) is 9.26. The van der Waals surface area contributed by atoms with Gasteiger partial charge in [0.1, 0.15) is 18.0 Å². The molecule has 5 atom stereocenters. The molecule has 28 heavy (non-hydrogen) atoms. The lowest BCUT2D eigenvalue weighted by molar-refractivity contribution is -0.0910. The average molecular weight is 425 g/mol. The minimum absolute atomic E-state index is 0.327. The van der Waals surface area contributed by atoms with E-state index in [1.807, 2.05) is 6.07 Å². The van der Waals surface area contributed by atoms with Crippen molar-refractivity contribution in [3.63, 3.8) is 0 Å². The number of thioether (sulfide) groups is 1. The molecule has 1 fully saturated rings. The Morgan fingerprint density at radius 2 is 1.64 bits per heavy atom. The van der Waals surface area contributed by atoms with Crippen LogP contribution >= 0.6 is 23.4 Å². The fraction of sp³-hybridized carbons (Fsp3) is 0.429. The molecule has 1 aliphatic heterocycles. The van der Waals surface area contributed by atoms with E-state index in [9.17, 15) is 20.4 Å². The highest BCUT2D eigenvalue weighted by Crippen LogP contribution is 2.36. The van der Waals surface area contributed by atoms with Crippen molar-refractivity contribution < 1.29 is 25.2 Å². The summed E-state index contributed by atoms with van der Waals surface area (Å²) >= 11 is 7.28. The third-order valence-corrected chi connectivity index (χ3v) is 6.60. The highest BCUT2D eigenvalue weighted by atomic mass is 35.5. The molecule has 152 valence electrons. The lowest BCUT2D eigenvalue weighted by Gasteiger charge is -2.39. The maximum atomic E-state index is 10.3. The van der Waals surface area contributed by atoms with Crippen LogP contribution < -0.4 is 4.74 Å². The molecule has 7 heteroatoms. The number of aliphatic hydroxyl groups excluding tert-OH is 4. The number of benzene rings is 2. The minimum atomic E-state index is -1.39. The molecule has 0 saturated carbocycles. The lowest BCUT2D eigenvalue weighted by atomic mass is 10.0. The lowest BCUT2D eigenvalue weighted by Crippen LogP contribution is -2.55. The van der Waals surface area contributed by atoms with Crippen molar-refractivity contribution in [2.45, 2.75) is 48.8 Å². The summed E-state index contributed by atoms with van der Waals surface area (Å²) in [6.45, 7) is 1.78. The van der Waals surface area contributed by atoms with Crippen molar-refractivity contribution in [1.82, 2.24) is 0 Å². The molecule has 1 saturated heterocycles. The monoisotopic (exact) mass is 424 g/mol. The Bertz CT molecular complexity index is 783. The van der Waals surface area contributed by atoms with Crippen LogP contribution in [-0.2, 0) is 12.8 Å². The van der Waals surface area contributed by atoms with E-state index in [4.69, 9.17) is 16.3 Å². The van der Waals surface area contributed by atoms with Gasteiger partial charge in [0.25, 0.3) is 0 Å². The number of aryl methyl sites for hydroxylation is 1. The molecule has 5 nitrogen and oxygen atoms in total. The zero-order valence-electron chi connectivity index (χ0n) is 15.5. The van der Waals surface area contributed by atoms with E-state index in [-0.39, 0.29) is 6.61 Å². The third kappa shape index (κ3) is 4.82. The SMILES string of the molecule is CCc1ccc(Cc2cc(Cl)ccc2O[C@@H]2S[C@H](CO)[C@@H](O)[C@H](O)[C@H]2O)cc1. The van der Waals surface area contributed by atoms with Crippen molar-refractivity contribution in [2.75, 3.05) is 6.61 Å². The highest BCUT2D eigenvalue weighted by Gasteiger charge is 2.44. The Hall–Kier alpha value is -1.28. The van der Waals surface area contributed by atoms with Gasteiger partial charge in [0, 0.05) is 17.0 Å². The summed E-state index contributed by atoms with van der Waals surface area (Å²) < 4.78 is 5.99. The zero-order valence-corrected chi connectivity index (χ0v) is 17.1. The molecular formula is C21H25ClO5S. The van der Waals surface area contributed by atoms with E-state index in [1.165, 1.54) is 5.56 Å². The van der Waals surface area contributed by atoms with E-state index in [0.717, 1.165) is 29.3 Å². The van der Waals surface area contributed by atoms with Crippen LogP contribution in [0.15, 0.2) is 42.5 Å². The van der Waals surface area contributed by atoms with Gasteiger partial charge >= 0.3 is 0 Å². The summed E-state index contributed by atoms with van der Waals surface area (Å²) in [7, 11) is 0. The maximum Gasteiger partial charge on any atom is 0.173 e. The molecule has 0 bridgehead atoms. The Balaban J connectivity index is 1.81. The van der Waals surface area contributed by atoms with Gasteiger partial charge in [0.05, 0.1) is 18.0 Å². The number of hydrogen-bond donors (Lipinski definition) is 4. The van der Waals surface area contributed by atoms with Gasteiger partial charge in [-0.1, -0.05) is 42.8 Å². The molecule has 1 aliphatic rings. The minimum Gasteiger partial charge on any atom is -0.477 e. The molecule has 0 unspecified atom stereocenters. The molecule has 1 heterocycles. The topological polar surface area (TPSA) is 90.2 Å². The van der Waals surface area contributed by atoms with Crippen LogP contribution in [0, 0.1) is 0 Å². The molecule has 0 spiro atoms. The first kappa shape index (κ1) is 21.4. The fourth-order valence-electron chi connectivity index (χ4n) is 3.20. The Morgan fingerprint density at radius 1 is 0.964 bits per heavy atom. The van der Waals surface area contributed by atoms with E-state index in [2.05, 4.69) is 31.2 Å². The molecule has 2 aromatic rings. The second-order valence-electron chi connectivity index (χ2n) is 6.91. The van der Waals surface area contributed by atoms with Crippen LogP contribution in [0.4, 0.5) is 0 Å². The van der Waals surface area contributed by atoms with Gasteiger partial charge in [0.2, 0.25) is 0 Å². The number of halogens is 1. The normalized spacial score (nSPS) is 27.6. The van der Waals surface area contributed by atoms with Crippen molar-refractivity contribution in [3.05, 3.63) is 64.2 Å². The summed E-state index contributed by atoms with van der Waals surface area (Å²) in [5.74, 6) is 0.542. The Morgan fingerprint density at radius 3 is 2.29 bits per heavy atom. The van der Waals surface area contributed by atoms with Crippen molar-refractivity contribution >= 4 is 23.4 Å². The average Bonchev–Trinajstić information content (AvgIpc) is 2.70. The van der Waals surface area contributed by atoms with E-state index in [0.29, 0.717) is 17.2 Å². The smallest absolute Gasteiger partial charge is 0.173 e. The van der Waals surface area contributed by atoms with Gasteiger partial charge in [-0.05, 0) is 35.7 Å². The second-order valence-corrected chi connectivity index (χ2v) is 8.69. The molecule has 2 aromatic carbocycles. The molecule has 3 rings (SSSR count). The molecule has 0 aliphatic carbocycles. The standard InChI is InChI=1S/C21H25ClO5S/c1-2-12-3-5-13(6-4-12)9-14-10-15(22)7-8-16(14)27-21-20(26)19(25)18(24)17(11-23)28-21/h3-8,10,17-21,23-26H,2,9,11H2,1H3/t17-,18-,19+,20-,21-/m1/s1. The van der Waals surface area contributed by atoms with Crippen LogP contribution in [0.25, 0.3) is 0 Å². The number of rotatable bonds is 6. The number of ether oxygens (including phenoxy) is 1. The number of aliphatic hydroxyl groups is 4. The number of hydrogen-bond acceptors (Lipinski definition) is 6. The maximum absolute atomic E-state index is 10.3. The van der Waals surface area contributed by atoms with Gasteiger partial charge in [-0.2, -0.15) is 0 Å². The summed E-state index contributed by atoms with van der Waals surface area (Å²) in [6.07, 6.45) is -2.31. The third-order valence-electron chi connectivity index (χ3n) is 4.94. The highest BCUT2D eigenvalue weighted by molar-refractivity contribution is 8.00. The molecule has 0 radical (unpaired) electrons. The Labute approximate surface area is 173 Å². The van der Waals surface area contributed by atoms with Crippen LogP contribution in [0.1, 0.15) is 23.6 Å². The van der Waals surface area contributed by atoms with Crippen molar-refractivity contribution in [2.24, 2.45) is 0 Å². The summed E-state index contributed by atoms with van der Waals surface area (Å²) in [5.41, 5.74) is 2.39. The second kappa shape index (κ2) is 9.48. The zero-order chi connectivity index (χ0) is 20.3. The quantitative estimate of drug-likeness (QED) is 0.569. The largest absolute Gasteiger partial charge is 0.477 e. The van der Waals surface area contributed by atoms with Gasteiger partial charge in [0.15, 0.2) is 5.44 Å². The van der Waals surface area contributed by atoms with Gasteiger partial charge in [-0.3, -0.25) is 0 Å². The molecular weight excluding hydrogens is 400 g/mol. The van der Waals surface area contributed by atoms with Crippen LogP contribution in [0.2, 0.25) is 5.02 Å². The van der Waals surface area contributed by atoms with Crippen LogP contribution in [0.5, 0.6) is 5.75 Å². The predicted octanol–water partition coefficient (Wildman–Crippen LogP) is 2.39. The predicted molar refractivity (Wildman–Crippen MR) is 111 cm³/mol. The molecule has 4 N–H and O–H groups in total. The van der Waals surface area contributed by atoms with Crippen molar-refractivity contribution in [3.8, 4) is 5.75 Å². The van der Waals surface area contributed by atoms with Crippen LogP contribution in [-0.4, -0.2) is 56.0 Å². The summed E-state index contributed by atoms with van der Waals surface area (Å²) in [4.78, 5) is 0. The van der Waals surface area contributed by atoms with E-state index < -0.39 is 29.0 Å². The van der Waals surface area contributed by atoms with Crippen LogP contribution in [0.3, 0.4) is 0 Å². The fourth-order valence-corrected chi connectivity index (χ4v) is 4.63. The molecule has 0 amide bonds. The van der Waals surface area contributed by atoms with Crippen molar-refractivity contribution in [1.29, 1.82) is 0 Å². The summed E-state index contributed by atoms with van der Waals surface area (Å²) in [5, 5.41) is 39.7. The van der Waals surface area contributed by atoms with Gasteiger partial charge in [-0.15, -0.1) is 11.8 Å². The van der Waals surface area contributed by atoms with Gasteiger partial charge in [-0.25, -0.2) is 0 Å². The van der Waals surface area contributed by atoms with Gasteiger partial charge < -0.3 is 25.2 Å². The van der Waals surface area contributed by atoms with E-state index in [1.54, 1.807) is 12.1 Å². The molecule has 0 aromatic heterocycles.